The van der Waals surface area contributed by atoms with Crippen molar-refractivity contribution in [3.8, 4) is 5.69 Å². The molecule has 7 heteroatoms. The minimum atomic E-state index is -0.907. The number of hydrogen-bond acceptors (Lipinski definition) is 1. The van der Waals surface area contributed by atoms with Crippen molar-refractivity contribution in [3.63, 3.8) is 0 Å². The Bertz CT molecular complexity index is 442. The number of carbonyl (C=O) groups is 1. The lowest BCUT2D eigenvalue weighted by atomic mass is 10.2. The van der Waals surface area contributed by atoms with E-state index in [4.69, 9.17) is 5.11 Å². The lowest BCUT2D eigenvalue weighted by Gasteiger charge is -1.96. The van der Waals surface area contributed by atoms with E-state index in [0.717, 1.165) is 5.69 Å². The smallest absolute Gasteiger partial charge is 0.335 e. The Labute approximate surface area is 104 Å². The second kappa shape index (κ2) is 7.39. The molecule has 1 aromatic carbocycles. The fourth-order valence-electron chi connectivity index (χ4n) is 1.23. The van der Waals surface area contributed by atoms with Crippen molar-refractivity contribution < 1.29 is 37.8 Å². The molecule has 17 heavy (non-hydrogen) atoms. The van der Waals surface area contributed by atoms with Gasteiger partial charge in [-0.25, -0.2) is 14.3 Å². The van der Waals surface area contributed by atoms with Crippen molar-refractivity contribution in [1.29, 1.82) is 0 Å². The molecule has 0 radical (unpaired) electrons. The number of rotatable bonds is 2. The first-order chi connectivity index (χ1) is 6.77. The molecule has 0 spiro atoms. The molecule has 2 aromatic rings. The Morgan fingerprint density at radius 1 is 1.18 bits per heavy atom. The number of imidazole rings is 1. The third kappa shape index (κ3) is 3.87. The standard InChI is InChI=1S/C10H8N2O2.ClH.2H2O/c13-10(14)8-1-3-9(4-2-8)12-6-5-11-7-12;;;/h1-7H,(H,13,14);1H;2*1H2. The van der Waals surface area contributed by atoms with Crippen molar-refractivity contribution in [2.75, 3.05) is 0 Å². The highest BCUT2D eigenvalue weighted by Gasteiger charge is 2.04. The molecule has 0 atom stereocenters. The molecule has 0 aliphatic carbocycles. The maximum atomic E-state index is 10.6. The minimum Gasteiger partial charge on any atom is -1.00 e. The topological polar surface area (TPSA) is 120 Å². The molecule has 0 amide bonds. The second-order valence-corrected chi connectivity index (χ2v) is 2.87. The number of H-pyrrole nitrogens is 1. The van der Waals surface area contributed by atoms with Crippen LogP contribution in [0.2, 0.25) is 0 Å². The van der Waals surface area contributed by atoms with Gasteiger partial charge in [0.2, 0.25) is 6.33 Å². The van der Waals surface area contributed by atoms with E-state index >= 15 is 0 Å². The summed E-state index contributed by atoms with van der Waals surface area (Å²) in [5.74, 6) is -0.907. The minimum absolute atomic E-state index is 0. The van der Waals surface area contributed by atoms with E-state index in [0.29, 0.717) is 5.56 Å². The van der Waals surface area contributed by atoms with Gasteiger partial charge in [-0.2, -0.15) is 0 Å². The van der Waals surface area contributed by atoms with Crippen molar-refractivity contribution in [2.45, 2.75) is 0 Å². The van der Waals surface area contributed by atoms with Gasteiger partial charge >= 0.3 is 5.97 Å². The molecule has 2 rings (SSSR count). The monoisotopic (exact) mass is 260 g/mol. The van der Waals surface area contributed by atoms with Crippen LogP contribution in [-0.4, -0.2) is 27.0 Å². The predicted molar refractivity (Wildman–Crippen MR) is 56.5 cm³/mol. The molecule has 6 nitrogen and oxygen atoms in total. The summed E-state index contributed by atoms with van der Waals surface area (Å²) >= 11 is 0. The second-order valence-electron chi connectivity index (χ2n) is 2.87. The van der Waals surface area contributed by atoms with Gasteiger partial charge in [-0.05, 0) is 24.3 Å². The zero-order chi connectivity index (χ0) is 9.97. The molecule has 94 valence electrons. The lowest BCUT2D eigenvalue weighted by molar-refractivity contribution is -0.594. The van der Waals surface area contributed by atoms with Crippen molar-refractivity contribution in [1.82, 2.24) is 4.98 Å². The molecule has 0 aliphatic rings. The highest BCUT2D eigenvalue weighted by atomic mass is 35.5. The van der Waals surface area contributed by atoms with Crippen molar-refractivity contribution in [3.05, 3.63) is 48.5 Å². The fraction of sp³-hybridized carbons (Fsp3) is 0. The van der Waals surface area contributed by atoms with Gasteiger partial charge in [-0.3, -0.25) is 0 Å². The van der Waals surface area contributed by atoms with Crippen LogP contribution in [0.3, 0.4) is 0 Å². The summed E-state index contributed by atoms with van der Waals surface area (Å²) in [7, 11) is 0. The van der Waals surface area contributed by atoms with Crippen LogP contribution in [0.15, 0.2) is 43.0 Å². The van der Waals surface area contributed by atoms with E-state index < -0.39 is 5.97 Å². The number of aromatic nitrogens is 2. The van der Waals surface area contributed by atoms with Gasteiger partial charge in [-0.1, -0.05) is 0 Å². The van der Waals surface area contributed by atoms with Gasteiger partial charge in [0.05, 0.1) is 5.56 Å². The van der Waals surface area contributed by atoms with Crippen LogP contribution < -0.4 is 17.0 Å². The first-order valence-corrected chi connectivity index (χ1v) is 4.15. The molecule has 0 bridgehead atoms. The Kier molecular flexibility index (Phi) is 7.61. The zero-order valence-corrected chi connectivity index (χ0v) is 9.48. The number of benzene rings is 1. The molecule has 0 aliphatic heterocycles. The third-order valence-corrected chi connectivity index (χ3v) is 1.96. The van der Waals surface area contributed by atoms with Gasteiger partial charge < -0.3 is 28.5 Å². The first-order valence-electron chi connectivity index (χ1n) is 4.15. The largest absolute Gasteiger partial charge is 1.00 e. The predicted octanol–water partition coefficient (Wildman–Crippen LogP) is -3.66. The molecular weight excluding hydrogens is 248 g/mol. The maximum Gasteiger partial charge on any atom is 0.335 e. The van der Waals surface area contributed by atoms with Gasteiger partial charge in [0, 0.05) is 0 Å². The molecular formula is C10H13ClN2O4. The van der Waals surface area contributed by atoms with Crippen LogP contribution >= 0.6 is 0 Å². The van der Waals surface area contributed by atoms with Gasteiger partial charge in [0.15, 0.2) is 0 Å². The summed E-state index contributed by atoms with van der Waals surface area (Å²) in [5.41, 5.74) is 1.22. The Hall–Kier alpha value is -1.89. The number of nitrogens with zero attached hydrogens (tertiary/aromatic N) is 1. The van der Waals surface area contributed by atoms with Gasteiger partial charge in [-0.15, -0.1) is 0 Å². The number of hydrogen-bond donors (Lipinski definition) is 2. The van der Waals surface area contributed by atoms with Crippen molar-refractivity contribution in [2.24, 2.45) is 0 Å². The number of nitrogens with one attached hydrogen (secondary N) is 1. The molecule has 0 saturated carbocycles. The molecule has 0 saturated heterocycles. The van der Waals surface area contributed by atoms with E-state index in [9.17, 15) is 4.79 Å². The summed E-state index contributed by atoms with van der Waals surface area (Å²) in [4.78, 5) is 13.5. The molecule has 6 N–H and O–H groups in total. The maximum absolute atomic E-state index is 10.6. The number of carboxylic acid groups (broad SMARTS) is 1. The van der Waals surface area contributed by atoms with Crippen molar-refractivity contribution >= 4 is 5.97 Å². The average molecular weight is 261 g/mol. The average Bonchev–Trinajstić information content (AvgIpc) is 2.71. The Morgan fingerprint density at radius 2 is 1.76 bits per heavy atom. The van der Waals surface area contributed by atoms with Crippen LogP contribution in [-0.2, 0) is 0 Å². The number of aromatic amines is 1. The number of carboxylic acids is 1. The molecule has 0 unspecified atom stereocenters. The van der Waals surface area contributed by atoms with Gasteiger partial charge in [0.25, 0.3) is 0 Å². The summed E-state index contributed by atoms with van der Waals surface area (Å²) in [6.45, 7) is 0. The van der Waals surface area contributed by atoms with Crippen LogP contribution in [0.4, 0.5) is 0 Å². The van der Waals surface area contributed by atoms with E-state index in [2.05, 4.69) is 4.98 Å². The van der Waals surface area contributed by atoms with E-state index in [1.165, 1.54) is 0 Å². The van der Waals surface area contributed by atoms with E-state index in [1.54, 1.807) is 36.8 Å². The third-order valence-electron chi connectivity index (χ3n) is 1.96. The summed E-state index contributed by atoms with van der Waals surface area (Å²) < 4.78 is 1.87. The van der Waals surface area contributed by atoms with Crippen LogP contribution in [0.1, 0.15) is 10.4 Å². The van der Waals surface area contributed by atoms with Crippen LogP contribution in [0, 0.1) is 0 Å². The summed E-state index contributed by atoms with van der Waals surface area (Å²) in [6, 6.07) is 6.68. The fourth-order valence-corrected chi connectivity index (χ4v) is 1.23. The number of halogens is 1. The summed E-state index contributed by atoms with van der Waals surface area (Å²) in [6.07, 6.45) is 5.44. The van der Waals surface area contributed by atoms with Crippen LogP contribution in [0.25, 0.3) is 5.69 Å². The van der Waals surface area contributed by atoms with Gasteiger partial charge in [0.1, 0.15) is 18.1 Å². The highest BCUT2D eigenvalue weighted by Crippen LogP contribution is 2.03. The van der Waals surface area contributed by atoms with E-state index in [-0.39, 0.29) is 23.4 Å². The molecule has 1 aromatic heterocycles. The summed E-state index contributed by atoms with van der Waals surface area (Å²) in [5, 5.41) is 8.69. The first kappa shape index (κ1) is 17.5. The number of aromatic carboxylic acids is 1. The lowest BCUT2D eigenvalue weighted by Crippen LogP contribution is -3.00. The Morgan fingerprint density at radius 3 is 2.18 bits per heavy atom. The molecule has 0 fully saturated rings. The Balaban J connectivity index is 0. The van der Waals surface area contributed by atoms with E-state index in [1.807, 2.05) is 10.8 Å². The quantitative estimate of drug-likeness (QED) is 0.541. The normalized spacial score (nSPS) is 8.24. The molecule has 1 heterocycles. The SMILES string of the molecule is O.O.O=C(O)c1ccc(-[n+]2cc[nH]c2)cc1.[Cl-]. The highest BCUT2D eigenvalue weighted by molar-refractivity contribution is 5.87. The van der Waals surface area contributed by atoms with Crippen LogP contribution in [0.5, 0.6) is 0 Å². The zero-order valence-electron chi connectivity index (χ0n) is 8.72.